The van der Waals surface area contributed by atoms with Gasteiger partial charge >= 0.3 is 0 Å². The minimum absolute atomic E-state index is 0.419. The molecule has 0 aliphatic carbocycles. The number of nitrogens with two attached hydrogens (primary N) is 1. The molecule has 17 heavy (non-hydrogen) atoms. The van der Waals surface area contributed by atoms with E-state index in [4.69, 9.17) is 5.73 Å². The van der Waals surface area contributed by atoms with Crippen LogP contribution in [0.15, 0.2) is 42.9 Å². The summed E-state index contributed by atoms with van der Waals surface area (Å²) in [6.07, 6.45) is 5.56. The summed E-state index contributed by atoms with van der Waals surface area (Å²) in [5.74, 6) is 0. The molecule has 1 unspecified atom stereocenters. The van der Waals surface area contributed by atoms with Crippen molar-refractivity contribution < 1.29 is 4.39 Å². The van der Waals surface area contributed by atoms with Crippen molar-refractivity contribution in [3.8, 4) is 11.3 Å². The zero-order chi connectivity index (χ0) is 12.1. The van der Waals surface area contributed by atoms with Crippen LogP contribution in [0, 0.1) is 0 Å². The Bertz CT molecular complexity index is 456. The summed E-state index contributed by atoms with van der Waals surface area (Å²) in [5, 5.41) is 0. The summed E-state index contributed by atoms with van der Waals surface area (Å²) < 4.78 is 12.3. The van der Waals surface area contributed by atoms with Gasteiger partial charge in [-0.15, -0.1) is 0 Å². The van der Waals surface area contributed by atoms with Crippen molar-refractivity contribution in [2.24, 2.45) is 5.73 Å². The van der Waals surface area contributed by atoms with Gasteiger partial charge < -0.3 is 5.73 Å². The summed E-state index contributed by atoms with van der Waals surface area (Å²) in [4.78, 5) is 8.22. The van der Waals surface area contributed by atoms with E-state index in [1.54, 1.807) is 18.6 Å². The van der Waals surface area contributed by atoms with Crippen molar-refractivity contribution in [2.45, 2.75) is 12.5 Å². The lowest BCUT2D eigenvalue weighted by atomic mass is 10.0. The van der Waals surface area contributed by atoms with Crippen LogP contribution in [0.4, 0.5) is 4.39 Å². The van der Waals surface area contributed by atoms with Gasteiger partial charge in [0.05, 0.1) is 11.9 Å². The zero-order valence-corrected chi connectivity index (χ0v) is 9.38. The Morgan fingerprint density at radius 3 is 2.53 bits per heavy atom. The fourth-order valence-corrected chi connectivity index (χ4v) is 1.62. The summed E-state index contributed by atoms with van der Waals surface area (Å²) in [7, 11) is 0. The summed E-state index contributed by atoms with van der Waals surface area (Å²) in [5.41, 5.74) is 8.41. The smallest absolute Gasteiger partial charge is 0.105 e. The molecule has 2 rings (SSSR count). The van der Waals surface area contributed by atoms with E-state index < -0.39 is 12.7 Å². The van der Waals surface area contributed by atoms with Crippen LogP contribution < -0.4 is 5.73 Å². The lowest BCUT2D eigenvalue weighted by Gasteiger charge is -2.07. The van der Waals surface area contributed by atoms with Gasteiger partial charge in [0.25, 0.3) is 0 Å². The van der Waals surface area contributed by atoms with Crippen LogP contribution in [0.1, 0.15) is 5.56 Å². The first-order chi connectivity index (χ1) is 8.29. The topological polar surface area (TPSA) is 51.8 Å². The van der Waals surface area contributed by atoms with Crippen LogP contribution in [0.5, 0.6) is 0 Å². The van der Waals surface area contributed by atoms with Crippen LogP contribution in [0.2, 0.25) is 0 Å². The molecule has 0 aliphatic rings. The molecule has 0 saturated heterocycles. The quantitative estimate of drug-likeness (QED) is 0.875. The second-order valence-corrected chi connectivity index (χ2v) is 3.91. The van der Waals surface area contributed by atoms with E-state index in [1.165, 1.54) is 0 Å². The van der Waals surface area contributed by atoms with E-state index in [0.717, 1.165) is 16.8 Å². The van der Waals surface area contributed by atoms with E-state index in [1.807, 2.05) is 24.3 Å². The summed E-state index contributed by atoms with van der Waals surface area (Å²) >= 11 is 0. The van der Waals surface area contributed by atoms with Crippen LogP contribution >= 0.6 is 0 Å². The Kier molecular flexibility index (Phi) is 3.77. The van der Waals surface area contributed by atoms with E-state index >= 15 is 0 Å². The van der Waals surface area contributed by atoms with Crippen LogP contribution in [0.3, 0.4) is 0 Å². The lowest BCUT2D eigenvalue weighted by Crippen LogP contribution is -2.24. The van der Waals surface area contributed by atoms with E-state index in [0.29, 0.717) is 6.42 Å². The second-order valence-electron chi connectivity index (χ2n) is 3.91. The number of alkyl halides is 1. The molecule has 1 atom stereocenters. The molecular weight excluding hydrogens is 217 g/mol. The van der Waals surface area contributed by atoms with E-state index in [9.17, 15) is 4.39 Å². The normalized spacial score (nSPS) is 12.4. The van der Waals surface area contributed by atoms with Crippen molar-refractivity contribution in [3.63, 3.8) is 0 Å². The third kappa shape index (κ3) is 3.07. The zero-order valence-electron chi connectivity index (χ0n) is 9.38. The Morgan fingerprint density at radius 2 is 1.94 bits per heavy atom. The maximum Gasteiger partial charge on any atom is 0.105 e. The van der Waals surface area contributed by atoms with Crippen LogP contribution in [0.25, 0.3) is 11.3 Å². The van der Waals surface area contributed by atoms with Gasteiger partial charge in [0, 0.05) is 24.0 Å². The fourth-order valence-electron chi connectivity index (χ4n) is 1.62. The van der Waals surface area contributed by atoms with E-state index in [2.05, 4.69) is 9.97 Å². The van der Waals surface area contributed by atoms with Gasteiger partial charge in [-0.3, -0.25) is 9.97 Å². The molecule has 0 amide bonds. The average molecular weight is 231 g/mol. The molecule has 3 nitrogen and oxygen atoms in total. The number of aromatic nitrogens is 2. The van der Waals surface area contributed by atoms with Gasteiger partial charge in [0.2, 0.25) is 0 Å². The van der Waals surface area contributed by atoms with Crippen molar-refractivity contribution in [3.05, 3.63) is 48.4 Å². The standard InChI is InChI=1S/C13H14FN3/c14-8-12(15)7-10-1-3-11(4-2-10)13-9-16-5-6-17-13/h1-6,9,12H,7-8,15H2. The van der Waals surface area contributed by atoms with Crippen molar-refractivity contribution in [1.29, 1.82) is 0 Å². The molecule has 2 aromatic rings. The predicted molar refractivity (Wildman–Crippen MR) is 65.1 cm³/mol. The molecule has 0 bridgehead atoms. The lowest BCUT2D eigenvalue weighted by molar-refractivity contribution is 0.427. The number of benzene rings is 1. The highest BCUT2D eigenvalue weighted by molar-refractivity contribution is 5.58. The van der Waals surface area contributed by atoms with Gasteiger partial charge in [-0.2, -0.15) is 0 Å². The molecule has 4 heteroatoms. The minimum Gasteiger partial charge on any atom is -0.325 e. The average Bonchev–Trinajstić information content (AvgIpc) is 2.40. The maximum atomic E-state index is 12.3. The van der Waals surface area contributed by atoms with Crippen LogP contribution in [-0.2, 0) is 6.42 Å². The minimum atomic E-state index is -0.494. The summed E-state index contributed by atoms with van der Waals surface area (Å²) in [6.45, 7) is -0.494. The molecule has 0 saturated carbocycles. The third-order valence-corrected chi connectivity index (χ3v) is 2.51. The number of halogens is 1. The molecule has 88 valence electrons. The second kappa shape index (κ2) is 5.50. The Balaban J connectivity index is 2.13. The first kappa shape index (κ1) is 11.7. The number of rotatable bonds is 4. The van der Waals surface area contributed by atoms with E-state index in [-0.39, 0.29) is 0 Å². The van der Waals surface area contributed by atoms with Crippen molar-refractivity contribution >= 4 is 0 Å². The molecular formula is C13H14FN3. The first-order valence-electron chi connectivity index (χ1n) is 5.46. The molecule has 1 aromatic carbocycles. The van der Waals surface area contributed by atoms with Crippen molar-refractivity contribution in [2.75, 3.05) is 6.67 Å². The summed E-state index contributed by atoms with van der Waals surface area (Å²) in [6, 6.07) is 7.37. The highest BCUT2D eigenvalue weighted by Crippen LogP contribution is 2.16. The Labute approximate surface area is 99.5 Å². The van der Waals surface area contributed by atoms with Gasteiger partial charge in [-0.05, 0) is 12.0 Å². The van der Waals surface area contributed by atoms with Gasteiger partial charge in [0.1, 0.15) is 6.67 Å². The maximum absolute atomic E-state index is 12.3. The number of hydrogen-bond donors (Lipinski definition) is 1. The number of hydrogen-bond acceptors (Lipinski definition) is 3. The van der Waals surface area contributed by atoms with Gasteiger partial charge in [-0.1, -0.05) is 24.3 Å². The largest absolute Gasteiger partial charge is 0.325 e. The molecule has 0 fully saturated rings. The highest BCUT2D eigenvalue weighted by Gasteiger charge is 2.04. The number of nitrogens with zero attached hydrogens (tertiary/aromatic N) is 2. The molecule has 1 aromatic heterocycles. The molecule has 2 N–H and O–H groups in total. The predicted octanol–water partition coefficient (Wildman–Crippen LogP) is 1.98. The SMILES string of the molecule is NC(CF)Cc1ccc(-c2cnccn2)cc1. The molecule has 0 radical (unpaired) electrons. The van der Waals surface area contributed by atoms with Gasteiger partial charge in [-0.25, -0.2) is 4.39 Å². The first-order valence-corrected chi connectivity index (χ1v) is 5.46. The molecule has 0 aliphatic heterocycles. The third-order valence-electron chi connectivity index (χ3n) is 2.51. The monoisotopic (exact) mass is 231 g/mol. The fraction of sp³-hybridized carbons (Fsp3) is 0.231. The highest BCUT2D eigenvalue weighted by atomic mass is 19.1. The molecule has 0 spiro atoms. The van der Waals surface area contributed by atoms with Crippen molar-refractivity contribution in [1.82, 2.24) is 9.97 Å². The van der Waals surface area contributed by atoms with Gasteiger partial charge in [0.15, 0.2) is 0 Å². The Hall–Kier alpha value is -1.81. The molecule has 1 heterocycles. The Morgan fingerprint density at radius 1 is 1.18 bits per heavy atom. The van der Waals surface area contributed by atoms with Crippen LogP contribution in [-0.4, -0.2) is 22.7 Å².